The number of rotatable bonds is 3. The van der Waals surface area contributed by atoms with E-state index in [0.29, 0.717) is 28.7 Å². The number of aromatic nitrogens is 1. The Labute approximate surface area is 145 Å². The molecule has 0 saturated carbocycles. The van der Waals surface area contributed by atoms with Gasteiger partial charge in [0.15, 0.2) is 0 Å². The van der Waals surface area contributed by atoms with Gasteiger partial charge in [0, 0.05) is 45.1 Å². The Morgan fingerprint density at radius 3 is 2.57 bits per heavy atom. The Kier molecular flexibility index (Phi) is 5.16. The van der Waals surface area contributed by atoms with Crippen LogP contribution in [0.25, 0.3) is 0 Å². The smallest absolute Gasteiger partial charge is 0.255 e. The van der Waals surface area contributed by atoms with Crippen LogP contribution >= 0.6 is 23.2 Å². The summed E-state index contributed by atoms with van der Waals surface area (Å²) in [7, 11) is 0. The highest BCUT2D eigenvalue weighted by atomic mass is 35.5. The number of carbonyl (C=O) groups excluding carboxylic acids is 1. The average Bonchev–Trinajstić information content (AvgIpc) is 2.58. The van der Waals surface area contributed by atoms with Crippen molar-refractivity contribution in [2.24, 2.45) is 0 Å². The van der Waals surface area contributed by atoms with E-state index >= 15 is 0 Å². The molecule has 1 aromatic carbocycles. The van der Waals surface area contributed by atoms with Crippen molar-refractivity contribution >= 4 is 29.1 Å². The second kappa shape index (κ2) is 7.30. The fourth-order valence-electron chi connectivity index (χ4n) is 2.70. The molecule has 120 valence electrons. The molecule has 6 heteroatoms. The van der Waals surface area contributed by atoms with Crippen molar-refractivity contribution in [1.29, 1.82) is 0 Å². The molecule has 1 aliphatic rings. The predicted molar refractivity (Wildman–Crippen MR) is 91.9 cm³/mol. The zero-order valence-electron chi connectivity index (χ0n) is 12.6. The molecule has 2 aromatic rings. The summed E-state index contributed by atoms with van der Waals surface area (Å²) < 4.78 is 0. The number of amides is 1. The Balaban J connectivity index is 1.60. The second-order valence-electron chi connectivity index (χ2n) is 5.53. The van der Waals surface area contributed by atoms with Crippen LogP contribution in [0.1, 0.15) is 15.9 Å². The van der Waals surface area contributed by atoms with Gasteiger partial charge in [-0.1, -0.05) is 35.3 Å². The van der Waals surface area contributed by atoms with E-state index in [9.17, 15) is 4.79 Å². The fourth-order valence-corrected chi connectivity index (χ4v) is 3.08. The number of hydrogen-bond donors (Lipinski definition) is 0. The minimum absolute atomic E-state index is 0.0569. The van der Waals surface area contributed by atoms with E-state index in [0.717, 1.165) is 19.6 Å². The third kappa shape index (κ3) is 3.83. The van der Waals surface area contributed by atoms with Crippen LogP contribution in [0.4, 0.5) is 0 Å². The molecule has 3 rings (SSSR count). The third-order valence-corrected chi connectivity index (χ3v) is 4.79. The first-order valence-corrected chi connectivity index (χ1v) is 8.25. The van der Waals surface area contributed by atoms with Crippen LogP contribution in [0.2, 0.25) is 10.0 Å². The lowest BCUT2D eigenvalue weighted by molar-refractivity contribution is 0.0628. The summed E-state index contributed by atoms with van der Waals surface area (Å²) in [5.74, 6) is -0.0569. The van der Waals surface area contributed by atoms with Gasteiger partial charge in [0.05, 0.1) is 15.6 Å². The maximum Gasteiger partial charge on any atom is 0.255 e. The zero-order chi connectivity index (χ0) is 16.2. The summed E-state index contributed by atoms with van der Waals surface area (Å²) >= 11 is 12.1. The molecule has 1 amide bonds. The highest BCUT2D eigenvalue weighted by Gasteiger charge is 2.24. The molecular formula is C17H17Cl2N3O. The summed E-state index contributed by atoms with van der Waals surface area (Å²) in [6, 6.07) is 9.16. The van der Waals surface area contributed by atoms with Gasteiger partial charge in [-0.2, -0.15) is 0 Å². The SMILES string of the molecule is O=C(c1cccc(Cl)c1Cl)N1CCN(Cc2cccnc2)CC1. The highest BCUT2D eigenvalue weighted by molar-refractivity contribution is 6.43. The summed E-state index contributed by atoms with van der Waals surface area (Å²) in [5, 5.41) is 0.740. The summed E-state index contributed by atoms with van der Waals surface area (Å²) in [6.45, 7) is 3.88. The number of nitrogens with zero attached hydrogens (tertiary/aromatic N) is 3. The van der Waals surface area contributed by atoms with E-state index in [2.05, 4.69) is 16.0 Å². The first-order chi connectivity index (χ1) is 11.1. The number of pyridine rings is 1. The number of benzene rings is 1. The molecule has 23 heavy (non-hydrogen) atoms. The van der Waals surface area contributed by atoms with Gasteiger partial charge in [-0.05, 0) is 23.8 Å². The Hall–Kier alpha value is -1.62. The van der Waals surface area contributed by atoms with Crippen molar-refractivity contribution in [3.8, 4) is 0 Å². The Morgan fingerprint density at radius 2 is 1.87 bits per heavy atom. The Bertz CT molecular complexity index is 685. The van der Waals surface area contributed by atoms with Crippen LogP contribution in [0.5, 0.6) is 0 Å². The number of hydrogen-bond acceptors (Lipinski definition) is 3. The van der Waals surface area contributed by atoms with Crippen molar-refractivity contribution in [3.63, 3.8) is 0 Å². The minimum Gasteiger partial charge on any atom is -0.336 e. The van der Waals surface area contributed by atoms with E-state index in [1.165, 1.54) is 5.56 Å². The van der Waals surface area contributed by atoms with E-state index < -0.39 is 0 Å². The highest BCUT2D eigenvalue weighted by Crippen LogP contribution is 2.26. The molecule has 0 atom stereocenters. The largest absolute Gasteiger partial charge is 0.336 e. The lowest BCUT2D eigenvalue weighted by Crippen LogP contribution is -2.48. The fraction of sp³-hybridized carbons (Fsp3) is 0.294. The van der Waals surface area contributed by atoms with Crippen LogP contribution in [0.3, 0.4) is 0 Å². The third-order valence-electron chi connectivity index (χ3n) is 3.97. The lowest BCUT2D eigenvalue weighted by Gasteiger charge is -2.34. The van der Waals surface area contributed by atoms with Gasteiger partial charge in [-0.15, -0.1) is 0 Å². The van der Waals surface area contributed by atoms with Crippen molar-refractivity contribution < 1.29 is 4.79 Å². The topological polar surface area (TPSA) is 36.4 Å². The maximum atomic E-state index is 12.6. The second-order valence-corrected chi connectivity index (χ2v) is 6.32. The van der Waals surface area contributed by atoms with E-state index in [1.807, 2.05) is 17.2 Å². The minimum atomic E-state index is -0.0569. The maximum absolute atomic E-state index is 12.6. The predicted octanol–water partition coefficient (Wildman–Crippen LogP) is 3.35. The molecular weight excluding hydrogens is 333 g/mol. The summed E-state index contributed by atoms with van der Waals surface area (Å²) in [4.78, 5) is 20.9. The molecule has 1 aromatic heterocycles. The molecule has 0 radical (unpaired) electrons. The monoisotopic (exact) mass is 349 g/mol. The molecule has 0 spiro atoms. The van der Waals surface area contributed by atoms with Crippen LogP contribution in [-0.4, -0.2) is 46.9 Å². The van der Waals surface area contributed by atoms with Gasteiger partial charge < -0.3 is 4.90 Å². The van der Waals surface area contributed by atoms with Crippen LogP contribution in [0.15, 0.2) is 42.7 Å². The number of halogens is 2. The van der Waals surface area contributed by atoms with Crippen molar-refractivity contribution in [2.75, 3.05) is 26.2 Å². The van der Waals surface area contributed by atoms with Crippen molar-refractivity contribution in [1.82, 2.24) is 14.8 Å². The van der Waals surface area contributed by atoms with E-state index in [4.69, 9.17) is 23.2 Å². The number of carbonyl (C=O) groups is 1. The zero-order valence-corrected chi connectivity index (χ0v) is 14.1. The molecule has 0 aliphatic carbocycles. The molecule has 0 bridgehead atoms. The van der Waals surface area contributed by atoms with E-state index in [-0.39, 0.29) is 5.91 Å². The first kappa shape index (κ1) is 16.2. The van der Waals surface area contributed by atoms with Gasteiger partial charge >= 0.3 is 0 Å². The molecule has 0 N–H and O–H groups in total. The standard InChI is InChI=1S/C17H17Cl2N3O/c18-15-5-1-4-14(16(15)19)17(23)22-9-7-21(8-10-22)12-13-3-2-6-20-11-13/h1-6,11H,7-10,12H2. The molecule has 4 nitrogen and oxygen atoms in total. The van der Waals surface area contributed by atoms with Crippen molar-refractivity contribution in [3.05, 3.63) is 63.9 Å². The van der Waals surface area contributed by atoms with Crippen molar-refractivity contribution in [2.45, 2.75) is 6.54 Å². The van der Waals surface area contributed by atoms with Crippen LogP contribution in [-0.2, 0) is 6.54 Å². The molecule has 2 heterocycles. The summed E-state index contributed by atoms with van der Waals surface area (Å²) in [5.41, 5.74) is 1.66. The number of piperazine rings is 1. The first-order valence-electron chi connectivity index (χ1n) is 7.49. The van der Waals surface area contributed by atoms with Gasteiger partial charge in [-0.3, -0.25) is 14.7 Å². The molecule has 1 aliphatic heterocycles. The molecule has 1 fully saturated rings. The van der Waals surface area contributed by atoms with Crippen LogP contribution in [0, 0.1) is 0 Å². The van der Waals surface area contributed by atoms with Gasteiger partial charge in [0.1, 0.15) is 0 Å². The molecule has 1 saturated heterocycles. The average molecular weight is 350 g/mol. The normalized spacial score (nSPS) is 15.7. The quantitative estimate of drug-likeness (QED) is 0.852. The van der Waals surface area contributed by atoms with Gasteiger partial charge in [0.2, 0.25) is 0 Å². The van der Waals surface area contributed by atoms with Crippen LogP contribution < -0.4 is 0 Å². The van der Waals surface area contributed by atoms with Gasteiger partial charge in [0.25, 0.3) is 5.91 Å². The van der Waals surface area contributed by atoms with Gasteiger partial charge in [-0.25, -0.2) is 0 Å². The molecule has 0 unspecified atom stereocenters. The summed E-state index contributed by atoms with van der Waals surface area (Å²) in [6.07, 6.45) is 3.65. The lowest BCUT2D eigenvalue weighted by atomic mass is 10.1. The van der Waals surface area contributed by atoms with E-state index in [1.54, 1.807) is 24.4 Å². The Morgan fingerprint density at radius 1 is 1.09 bits per heavy atom.